The molecule has 0 spiro atoms. The number of ketones is 1. The average molecular weight is 423 g/mol. The van der Waals surface area contributed by atoms with E-state index in [-0.39, 0.29) is 30.6 Å². The van der Waals surface area contributed by atoms with E-state index >= 15 is 0 Å². The number of piperidine rings is 1. The molecule has 1 aliphatic heterocycles. The van der Waals surface area contributed by atoms with Gasteiger partial charge in [-0.15, -0.1) is 0 Å². The summed E-state index contributed by atoms with van der Waals surface area (Å²) in [5, 5.41) is 3.35. The Morgan fingerprint density at radius 2 is 1.87 bits per heavy atom. The Morgan fingerprint density at radius 1 is 1.13 bits per heavy atom. The van der Waals surface area contributed by atoms with E-state index in [2.05, 4.69) is 31.1 Å². The van der Waals surface area contributed by atoms with Gasteiger partial charge >= 0.3 is 0 Å². The number of nitrogens with zero attached hydrogens (tertiary/aromatic N) is 1. The molecule has 2 saturated carbocycles. The summed E-state index contributed by atoms with van der Waals surface area (Å²) in [7, 11) is 2.18. The fraction of sp³-hybridized carbons (Fsp3) is 0.630. The predicted octanol–water partition coefficient (Wildman–Crippen LogP) is 5.06. The predicted molar refractivity (Wildman–Crippen MR) is 125 cm³/mol. The van der Waals surface area contributed by atoms with Crippen LogP contribution in [0, 0.1) is 28.6 Å². The van der Waals surface area contributed by atoms with Crippen LogP contribution in [-0.2, 0) is 4.79 Å². The molecule has 4 heteroatoms. The Balaban J connectivity index is 0.00000231. The van der Waals surface area contributed by atoms with E-state index in [1.54, 1.807) is 0 Å². The molecule has 5 rings (SSSR count). The van der Waals surface area contributed by atoms with Crippen LogP contribution in [0.1, 0.15) is 70.2 Å². The number of nitrogens with one attached hydrogen (secondary N) is 1. The van der Waals surface area contributed by atoms with Gasteiger partial charge in [-0.1, -0.05) is 39.5 Å². The van der Waals surface area contributed by atoms with Gasteiger partial charge in [0.15, 0.2) is 5.78 Å². The minimum atomic E-state index is 0. The SMILES string of the molecule is C.CN1CC2C3CC(NC(=O)c4ccccc4)CC3(C)CCC2C2(C)CCC(=O)C=C12. The van der Waals surface area contributed by atoms with Crippen LogP contribution in [0.4, 0.5) is 0 Å². The highest BCUT2D eigenvalue weighted by atomic mass is 16.1. The highest BCUT2D eigenvalue weighted by molar-refractivity contribution is 5.94. The number of hydrogen-bond acceptors (Lipinski definition) is 3. The number of allylic oxidation sites excluding steroid dienone is 2. The summed E-state index contributed by atoms with van der Waals surface area (Å²) in [6, 6.07) is 9.84. The van der Waals surface area contributed by atoms with E-state index < -0.39 is 0 Å². The Labute approximate surface area is 187 Å². The average Bonchev–Trinajstić information content (AvgIpc) is 3.06. The molecule has 3 aliphatic carbocycles. The Kier molecular flexibility index (Phi) is 5.56. The van der Waals surface area contributed by atoms with E-state index in [4.69, 9.17) is 0 Å². The molecule has 1 N–H and O–H groups in total. The lowest BCUT2D eigenvalue weighted by Crippen LogP contribution is -2.56. The number of likely N-dealkylation sites (tertiary alicyclic amines) is 1. The Hall–Kier alpha value is -2.10. The molecule has 31 heavy (non-hydrogen) atoms. The molecule has 1 aromatic carbocycles. The summed E-state index contributed by atoms with van der Waals surface area (Å²) < 4.78 is 0. The molecule has 1 heterocycles. The van der Waals surface area contributed by atoms with Crippen molar-refractivity contribution in [2.75, 3.05) is 13.6 Å². The number of benzene rings is 1. The molecule has 6 unspecified atom stereocenters. The molecule has 6 atom stereocenters. The van der Waals surface area contributed by atoms with Crippen molar-refractivity contribution >= 4 is 11.7 Å². The summed E-state index contributed by atoms with van der Waals surface area (Å²) in [6.45, 7) is 5.91. The van der Waals surface area contributed by atoms with Gasteiger partial charge in [0.05, 0.1) is 0 Å². The molecule has 1 saturated heterocycles. The monoisotopic (exact) mass is 422 g/mol. The van der Waals surface area contributed by atoms with E-state index in [1.165, 1.54) is 18.5 Å². The molecule has 1 aromatic rings. The molecule has 4 nitrogen and oxygen atoms in total. The van der Waals surface area contributed by atoms with E-state index in [1.807, 2.05) is 36.4 Å². The summed E-state index contributed by atoms with van der Waals surface area (Å²) in [5.74, 6) is 2.27. The van der Waals surface area contributed by atoms with Crippen LogP contribution in [0.5, 0.6) is 0 Å². The first-order valence-electron chi connectivity index (χ1n) is 11.6. The van der Waals surface area contributed by atoms with Gasteiger partial charge in [0.2, 0.25) is 0 Å². The second-order valence-corrected chi connectivity index (χ2v) is 10.8. The lowest BCUT2D eigenvalue weighted by Gasteiger charge is -2.59. The lowest BCUT2D eigenvalue weighted by atomic mass is 9.50. The van der Waals surface area contributed by atoms with Crippen LogP contribution in [0.15, 0.2) is 42.1 Å². The highest BCUT2D eigenvalue weighted by Crippen LogP contribution is 2.63. The molecule has 4 aliphatic rings. The molecule has 0 radical (unpaired) electrons. The Morgan fingerprint density at radius 3 is 2.61 bits per heavy atom. The van der Waals surface area contributed by atoms with Crippen LogP contribution in [-0.4, -0.2) is 36.2 Å². The number of carbonyl (C=O) groups is 2. The van der Waals surface area contributed by atoms with Crippen molar-refractivity contribution in [2.24, 2.45) is 28.6 Å². The van der Waals surface area contributed by atoms with Gasteiger partial charge in [0, 0.05) is 48.8 Å². The first-order chi connectivity index (χ1) is 14.3. The van der Waals surface area contributed by atoms with Gasteiger partial charge in [0.1, 0.15) is 0 Å². The van der Waals surface area contributed by atoms with Gasteiger partial charge in [-0.3, -0.25) is 9.59 Å². The van der Waals surface area contributed by atoms with Gasteiger partial charge in [0.25, 0.3) is 5.91 Å². The van der Waals surface area contributed by atoms with Crippen molar-refractivity contribution in [2.45, 2.75) is 65.8 Å². The second-order valence-electron chi connectivity index (χ2n) is 10.8. The maximum Gasteiger partial charge on any atom is 0.251 e. The minimum absolute atomic E-state index is 0. The zero-order valence-corrected chi connectivity index (χ0v) is 18.5. The summed E-state index contributed by atoms with van der Waals surface area (Å²) in [6.07, 6.45) is 8.25. The molecule has 0 aromatic heterocycles. The van der Waals surface area contributed by atoms with Crippen LogP contribution in [0.25, 0.3) is 0 Å². The maximum atomic E-state index is 12.8. The molecule has 3 fully saturated rings. The quantitative estimate of drug-likeness (QED) is 0.724. The van der Waals surface area contributed by atoms with Crippen molar-refractivity contribution in [3.05, 3.63) is 47.7 Å². The second kappa shape index (κ2) is 7.79. The van der Waals surface area contributed by atoms with Gasteiger partial charge in [-0.05, 0) is 67.4 Å². The third-order valence-corrected chi connectivity index (χ3v) is 9.07. The zero-order valence-electron chi connectivity index (χ0n) is 18.5. The molecule has 1 amide bonds. The van der Waals surface area contributed by atoms with E-state index in [0.717, 1.165) is 31.4 Å². The fourth-order valence-electron chi connectivity index (χ4n) is 7.60. The summed E-state index contributed by atoms with van der Waals surface area (Å²) in [5.41, 5.74) is 2.45. The maximum absolute atomic E-state index is 12.8. The van der Waals surface area contributed by atoms with Crippen LogP contribution in [0.3, 0.4) is 0 Å². The van der Waals surface area contributed by atoms with Crippen molar-refractivity contribution in [3.63, 3.8) is 0 Å². The lowest BCUT2D eigenvalue weighted by molar-refractivity contribution is -0.118. The van der Waals surface area contributed by atoms with Crippen molar-refractivity contribution < 1.29 is 9.59 Å². The highest BCUT2D eigenvalue weighted by Gasteiger charge is 2.59. The third-order valence-electron chi connectivity index (χ3n) is 9.07. The topological polar surface area (TPSA) is 49.4 Å². The number of hydrogen-bond donors (Lipinski definition) is 1. The van der Waals surface area contributed by atoms with E-state index in [9.17, 15) is 9.59 Å². The van der Waals surface area contributed by atoms with Crippen molar-refractivity contribution in [3.8, 4) is 0 Å². The minimum Gasteiger partial charge on any atom is -0.377 e. The molecule has 168 valence electrons. The summed E-state index contributed by atoms with van der Waals surface area (Å²) >= 11 is 0. The Bertz CT molecular complexity index is 894. The van der Waals surface area contributed by atoms with Gasteiger partial charge in [-0.25, -0.2) is 0 Å². The van der Waals surface area contributed by atoms with Gasteiger partial charge in [-0.2, -0.15) is 0 Å². The largest absolute Gasteiger partial charge is 0.377 e. The molecular formula is C27H38N2O2. The first-order valence-corrected chi connectivity index (χ1v) is 11.6. The van der Waals surface area contributed by atoms with Crippen LogP contribution in [0.2, 0.25) is 0 Å². The number of carbonyl (C=O) groups excluding carboxylic acids is 2. The number of fused-ring (bicyclic) bond motifs is 5. The van der Waals surface area contributed by atoms with Crippen molar-refractivity contribution in [1.82, 2.24) is 10.2 Å². The fourth-order valence-corrected chi connectivity index (χ4v) is 7.60. The smallest absolute Gasteiger partial charge is 0.251 e. The molecular weight excluding hydrogens is 384 g/mol. The number of amides is 1. The van der Waals surface area contributed by atoms with E-state index in [0.29, 0.717) is 29.6 Å². The summed E-state index contributed by atoms with van der Waals surface area (Å²) in [4.78, 5) is 27.2. The van der Waals surface area contributed by atoms with Gasteiger partial charge < -0.3 is 10.2 Å². The van der Waals surface area contributed by atoms with Crippen LogP contribution < -0.4 is 5.32 Å². The van der Waals surface area contributed by atoms with Crippen LogP contribution >= 0.6 is 0 Å². The number of rotatable bonds is 2. The zero-order chi connectivity index (χ0) is 21.1. The third kappa shape index (κ3) is 3.52. The standard InChI is InChI=1S/C26H34N2O2.CH4/c1-25-11-10-21-20(16-28(3)23-14-19(29)9-12-26(21,23)2)22(25)13-18(15-25)27-24(30)17-7-5-4-6-8-17;/h4-8,14,18,20-22H,9-13,15-16H2,1-3H3,(H,27,30);1H4. The molecule has 0 bridgehead atoms. The van der Waals surface area contributed by atoms with Crippen molar-refractivity contribution in [1.29, 1.82) is 0 Å². The normalized spacial score (nSPS) is 38.9. The first kappa shape index (κ1) is 22.1.